The Morgan fingerprint density at radius 1 is 0.900 bits per heavy atom. The van der Waals surface area contributed by atoms with Gasteiger partial charge in [-0.1, -0.05) is 67.5 Å². The maximum absolute atomic E-state index is 13.9. The molecule has 0 bridgehead atoms. The molecule has 1 saturated carbocycles. The van der Waals surface area contributed by atoms with Crippen LogP contribution in [0.3, 0.4) is 0 Å². The van der Waals surface area contributed by atoms with Gasteiger partial charge in [-0.2, -0.15) is 0 Å². The Hall–Kier alpha value is -3.81. The van der Waals surface area contributed by atoms with E-state index in [1.807, 2.05) is 42.5 Å². The van der Waals surface area contributed by atoms with Crippen molar-refractivity contribution in [2.45, 2.75) is 70.0 Å². The maximum atomic E-state index is 13.9. The highest BCUT2D eigenvalue weighted by atomic mass is 19.1. The molecule has 1 saturated heterocycles. The highest BCUT2D eigenvalue weighted by Gasteiger charge is 2.47. The van der Waals surface area contributed by atoms with Gasteiger partial charge in [-0.05, 0) is 48.9 Å². The van der Waals surface area contributed by atoms with E-state index in [0.717, 1.165) is 31.2 Å². The zero-order valence-corrected chi connectivity index (χ0v) is 22.6. The van der Waals surface area contributed by atoms with E-state index in [0.29, 0.717) is 24.8 Å². The van der Waals surface area contributed by atoms with Gasteiger partial charge >= 0.3 is 0 Å². The SMILES string of the molecule is O=C(NC1CCCC1)[C@H](Cc1ccccc1)N(Cc1ccc(F)cc1)C(=O)CCN1C(=O)[C@H]2CC=CC[C@H]2C1=O. The highest BCUT2D eigenvalue weighted by molar-refractivity contribution is 6.05. The lowest BCUT2D eigenvalue weighted by Gasteiger charge is -2.33. The lowest BCUT2D eigenvalue weighted by molar-refractivity contribution is -0.144. The first-order valence-electron chi connectivity index (χ1n) is 14.3. The van der Waals surface area contributed by atoms with Crippen molar-refractivity contribution in [2.75, 3.05) is 6.54 Å². The summed E-state index contributed by atoms with van der Waals surface area (Å²) in [6.07, 6.45) is 9.10. The fourth-order valence-corrected chi connectivity index (χ4v) is 6.15. The predicted octanol–water partition coefficient (Wildman–Crippen LogP) is 4.17. The van der Waals surface area contributed by atoms with Crippen molar-refractivity contribution in [3.05, 3.63) is 83.7 Å². The van der Waals surface area contributed by atoms with Gasteiger partial charge in [-0.3, -0.25) is 24.1 Å². The molecule has 1 aliphatic heterocycles. The van der Waals surface area contributed by atoms with Gasteiger partial charge in [0, 0.05) is 32.0 Å². The molecule has 8 heteroatoms. The molecular formula is C32H36FN3O4. The Bertz CT molecular complexity index is 1230. The normalized spacial score (nSPS) is 21.4. The third-order valence-corrected chi connectivity index (χ3v) is 8.39. The van der Waals surface area contributed by atoms with Gasteiger partial charge in [0.15, 0.2) is 0 Å². The lowest BCUT2D eigenvalue weighted by atomic mass is 9.85. The number of nitrogens with one attached hydrogen (secondary N) is 1. The van der Waals surface area contributed by atoms with Gasteiger partial charge < -0.3 is 10.2 Å². The van der Waals surface area contributed by atoms with Gasteiger partial charge in [-0.15, -0.1) is 0 Å². The van der Waals surface area contributed by atoms with E-state index in [-0.39, 0.29) is 66.8 Å². The number of benzene rings is 2. The van der Waals surface area contributed by atoms with Crippen molar-refractivity contribution in [1.82, 2.24) is 15.1 Å². The number of fused-ring (bicyclic) bond motifs is 1. The maximum Gasteiger partial charge on any atom is 0.243 e. The van der Waals surface area contributed by atoms with Gasteiger partial charge in [0.1, 0.15) is 11.9 Å². The van der Waals surface area contributed by atoms with E-state index in [2.05, 4.69) is 5.32 Å². The Labute approximate surface area is 234 Å². The Morgan fingerprint density at radius 3 is 2.15 bits per heavy atom. The molecule has 2 aliphatic carbocycles. The van der Waals surface area contributed by atoms with Crippen molar-refractivity contribution < 1.29 is 23.6 Å². The standard InChI is InChI=1S/C32H36FN3O4/c33-24-16-14-23(15-17-24)21-36(29(37)18-19-35-31(39)26-12-6-7-13-27(26)32(35)40)28(20-22-8-2-1-3-9-22)30(38)34-25-10-4-5-11-25/h1-3,6-9,14-17,25-28H,4-5,10-13,18-21H2,(H,34,38)/t26-,27+,28-/m0/s1. The summed E-state index contributed by atoms with van der Waals surface area (Å²) >= 11 is 0. The molecule has 4 amide bonds. The van der Waals surface area contributed by atoms with Crippen LogP contribution in [0.1, 0.15) is 56.1 Å². The molecule has 0 spiro atoms. The minimum atomic E-state index is -0.808. The van der Waals surface area contributed by atoms with Crippen LogP contribution < -0.4 is 5.32 Å². The van der Waals surface area contributed by atoms with Crippen LogP contribution in [-0.2, 0) is 32.1 Å². The fraction of sp³-hybridized carbons (Fsp3) is 0.438. The smallest absolute Gasteiger partial charge is 0.243 e. The van der Waals surface area contributed by atoms with E-state index in [4.69, 9.17) is 0 Å². The largest absolute Gasteiger partial charge is 0.352 e. The molecule has 40 heavy (non-hydrogen) atoms. The van der Waals surface area contributed by atoms with Gasteiger partial charge in [-0.25, -0.2) is 4.39 Å². The molecule has 1 N–H and O–H groups in total. The molecule has 2 aromatic rings. The first-order valence-corrected chi connectivity index (χ1v) is 14.3. The number of allylic oxidation sites excluding steroid dienone is 2. The number of likely N-dealkylation sites (tertiary alicyclic amines) is 1. The van der Waals surface area contributed by atoms with Crippen molar-refractivity contribution in [1.29, 1.82) is 0 Å². The highest BCUT2D eigenvalue weighted by Crippen LogP contribution is 2.35. The average Bonchev–Trinajstić information content (AvgIpc) is 3.57. The topological polar surface area (TPSA) is 86.8 Å². The van der Waals surface area contributed by atoms with Gasteiger partial charge in [0.2, 0.25) is 23.6 Å². The Kier molecular flexibility index (Phi) is 8.72. The van der Waals surface area contributed by atoms with Crippen LogP contribution >= 0.6 is 0 Å². The second-order valence-corrected chi connectivity index (χ2v) is 11.1. The summed E-state index contributed by atoms with van der Waals surface area (Å²) in [6, 6.07) is 14.7. The second kappa shape index (κ2) is 12.6. The third-order valence-electron chi connectivity index (χ3n) is 8.39. The van der Waals surface area contributed by atoms with E-state index in [9.17, 15) is 23.6 Å². The van der Waals surface area contributed by atoms with Crippen molar-refractivity contribution in [3.8, 4) is 0 Å². The number of carbonyl (C=O) groups is 4. The minimum Gasteiger partial charge on any atom is -0.352 e. The van der Waals surface area contributed by atoms with Crippen molar-refractivity contribution in [3.63, 3.8) is 0 Å². The second-order valence-electron chi connectivity index (χ2n) is 11.1. The van der Waals surface area contributed by atoms with Crippen LogP contribution in [0.2, 0.25) is 0 Å². The molecule has 5 rings (SSSR count). The number of imide groups is 1. The van der Waals surface area contributed by atoms with E-state index >= 15 is 0 Å². The summed E-state index contributed by atoms with van der Waals surface area (Å²) in [4.78, 5) is 56.3. The third kappa shape index (κ3) is 6.32. The first kappa shape index (κ1) is 27.7. The molecule has 210 valence electrons. The monoisotopic (exact) mass is 545 g/mol. The summed E-state index contributed by atoms with van der Waals surface area (Å²) in [5.41, 5.74) is 1.60. The Balaban J connectivity index is 1.38. The van der Waals surface area contributed by atoms with E-state index < -0.39 is 6.04 Å². The number of hydrogen-bond acceptors (Lipinski definition) is 4. The van der Waals surface area contributed by atoms with Crippen LogP contribution in [0, 0.1) is 17.7 Å². The molecule has 0 aromatic heterocycles. The number of nitrogens with zero attached hydrogens (tertiary/aromatic N) is 2. The summed E-state index contributed by atoms with van der Waals surface area (Å²) in [5, 5.41) is 3.16. The number of carbonyl (C=O) groups excluding carboxylic acids is 4. The lowest BCUT2D eigenvalue weighted by Crippen LogP contribution is -2.52. The van der Waals surface area contributed by atoms with Gasteiger partial charge in [0.25, 0.3) is 0 Å². The van der Waals surface area contributed by atoms with Crippen LogP contribution in [0.4, 0.5) is 4.39 Å². The predicted molar refractivity (Wildman–Crippen MR) is 148 cm³/mol. The zero-order chi connectivity index (χ0) is 28.1. The van der Waals surface area contributed by atoms with E-state index in [1.165, 1.54) is 21.9 Å². The van der Waals surface area contributed by atoms with Gasteiger partial charge in [0.05, 0.1) is 11.8 Å². The summed E-state index contributed by atoms with van der Waals surface area (Å²) in [5.74, 6) is -2.11. The summed E-state index contributed by atoms with van der Waals surface area (Å²) < 4.78 is 13.7. The zero-order valence-electron chi connectivity index (χ0n) is 22.6. The average molecular weight is 546 g/mol. The Morgan fingerprint density at radius 2 is 1.52 bits per heavy atom. The number of amides is 4. The number of halogens is 1. The molecule has 7 nitrogen and oxygen atoms in total. The molecule has 1 heterocycles. The molecule has 2 aromatic carbocycles. The summed E-state index contributed by atoms with van der Waals surface area (Å²) in [6.45, 7) is 0.0808. The van der Waals surface area contributed by atoms with E-state index in [1.54, 1.807) is 12.1 Å². The van der Waals surface area contributed by atoms with Crippen LogP contribution in [0.5, 0.6) is 0 Å². The number of hydrogen-bond donors (Lipinski definition) is 1. The molecule has 2 fully saturated rings. The molecule has 3 atom stereocenters. The van der Waals surface area contributed by atoms with Crippen LogP contribution in [-0.4, -0.2) is 52.1 Å². The minimum absolute atomic E-state index is 0.0221. The van der Waals surface area contributed by atoms with Crippen molar-refractivity contribution >= 4 is 23.6 Å². The quantitative estimate of drug-likeness (QED) is 0.359. The van der Waals surface area contributed by atoms with Crippen LogP contribution in [0.15, 0.2) is 66.7 Å². The fourth-order valence-electron chi connectivity index (χ4n) is 6.15. The molecule has 0 radical (unpaired) electrons. The molecular weight excluding hydrogens is 509 g/mol. The van der Waals surface area contributed by atoms with Crippen LogP contribution in [0.25, 0.3) is 0 Å². The molecule has 0 unspecified atom stereocenters. The van der Waals surface area contributed by atoms with Crippen molar-refractivity contribution in [2.24, 2.45) is 11.8 Å². The first-order chi connectivity index (χ1) is 19.4. The number of rotatable bonds is 10. The molecule has 3 aliphatic rings. The summed E-state index contributed by atoms with van der Waals surface area (Å²) in [7, 11) is 0.